The zero-order valence-corrected chi connectivity index (χ0v) is 12.2. The second kappa shape index (κ2) is 5.12. The summed E-state index contributed by atoms with van der Waals surface area (Å²) in [6, 6.07) is 9.69. The molecule has 102 valence electrons. The number of nitrogens with zero attached hydrogens (tertiary/aromatic N) is 1. The van der Waals surface area contributed by atoms with Crippen LogP contribution in [0.2, 0.25) is 0 Å². The molecule has 2 unspecified atom stereocenters. The van der Waals surface area contributed by atoms with Crippen molar-refractivity contribution < 1.29 is 0 Å². The minimum Gasteiger partial charge on any atom is -0.312 e. The van der Waals surface area contributed by atoms with E-state index in [-0.39, 0.29) is 0 Å². The van der Waals surface area contributed by atoms with Gasteiger partial charge in [0.05, 0.1) is 0 Å². The first-order valence-electron chi connectivity index (χ1n) is 7.57. The molecular weight excluding hydrogens is 252 g/mol. The molecule has 3 fully saturated rings. The van der Waals surface area contributed by atoms with Crippen LogP contribution in [0.1, 0.15) is 24.3 Å². The van der Waals surface area contributed by atoms with Crippen molar-refractivity contribution in [3.63, 3.8) is 0 Å². The number of rotatable bonds is 3. The predicted molar refractivity (Wildman–Crippen MR) is 80.9 cm³/mol. The number of nitrogens with one attached hydrogen (secondary N) is 1. The Bertz CT molecular complexity index is 454. The molecule has 0 radical (unpaired) electrons. The first-order valence-corrected chi connectivity index (χ1v) is 8.56. The summed E-state index contributed by atoms with van der Waals surface area (Å²) in [6.45, 7) is 5.13. The van der Waals surface area contributed by atoms with Gasteiger partial charge in [-0.3, -0.25) is 0 Å². The molecule has 4 aliphatic rings. The third kappa shape index (κ3) is 2.32. The van der Waals surface area contributed by atoms with E-state index < -0.39 is 0 Å². The Morgan fingerprint density at radius 3 is 2.84 bits per heavy atom. The fraction of sp³-hybridized carbons (Fsp3) is 0.625. The molecule has 0 amide bonds. The fourth-order valence-corrected chi connectivity index (χ4v) is 5.14. The molecule has 1 N–H and O–H groups in total. The van der Waals surface area contributed by atoms with Crippen molar-refractivity contribution in [1.29, 1.82) is 0 Å². The smallest absolute Gasteiger partial charge is 0.0224 e. The van der Waals surface area contributed by atoms with Crippen molar-refractivity contribution in [3.05, 3.63) is 29.8 Å². The van der Waals surface area contributed by atoms with Gasteiger partial charge in [-0.05, 0) is 43.5 Å². The third-order valence-corrected chi connectivity index (χ3v) is 6.33. The maximum absolute atomic E-state index is 3.88. The molecule has 3 saturated heterocycles. The molecule has 1 aromatic carbocycles. The molecule has 0 aliphatic carbocycles. The van der Waals surface area contributed by atoms with Crippen molar-refractivity contribution in [3.8, 4) is 0 Å². The Morgan fingerprint density at radius 1 is 1.21 bits per heavy atom. The number of hydrogen-bond donors (Lipinski definition) is 1. The molecule has 5 rings (SSSR count). The Balaban J connectivity index is 1.39. The lowest BCUT2D eigenvalue weighted by atomic mass is 9.84. The summed E-state index contributed by atoms with van der Waals surface area (Å²) in [4.78, 5) is 4.14. The van der Waals surface area contributed by atoms with E-state index in [4.69, 9.17) is 0 Å². The van der Waals surface area contributed by atoms with Crippen LogP contribution >= 0.6 is 11.8 Å². The zero-order chi connectivity index (χ0) is 12.7. The molecule has 0 aromatic heterocycles. The molecule has 1 aromatic rings. The van der Waals surface area contributed by atoms with Crippen molar-refractivity contribution in [2.24, 2.45) is 5.92 Å². The van der Waals surface area contributed by atoms with Gasteiger partial charge in [0, 0.05) is 35.7 Å². The maximum Gasteiger partial charge on any atom is 0.0224 e. The number of thioether (sulfide) groups is 1. The lowest BCUT2D eigenvalue weighted by Gasteiger charge is -2.45. The van der Waals surface area contributed by atoms with E-state index >= 15 is 0 Å². The third-order valence-electron chi connectivity index (χ3n) is 5.08. The van der Waals surface area contributed by atoms with Gasteiger partial charge in [0.2, 0.25) is 0 Å². The van der Waals surface area contributed by atoms with Gasteiger partial charge in [-0.2, -0.15) is 0 Å². The summed E-state index contributed by atoms with van der Waals surface area (Å²) in [5.74, 6) is 2.92. The maximum atomic E-state index is 3.88. The summed E-state index contributed by atoms with van der Waals surface area (Å²) < 4.78 is 0. The van der Waals surface area contributed by atoms with Crippen LogP contribution in [0.4, 0.5) is 0 Å². The highest BCUT2D eigenvalue weighted by Gasteiger charge is 2.34. The highest BCUT2D eigenvalue weighted by molar-refractivity contribution is 7.99. The lowest BCUT2D eigenvalue weighted by Crippen LogP contribution is -2.56. The van der Waals surface area contributed by atoms with Crippen molar-refractivity contribution >= 4 is 11.8 Å². The van der Waals surface area contributed by atoms with Crippen LogP contribution in [-0.4, -0.2) is 42.9 Å². The molecule has 4 aliphatic heterocycles. The molecule has 0 saturated carbocycles. The molecule has 0 spiro atoms. The highest BCUT2D eigenvalue weighted by atomic mass is 32.2. The van der Waals surface area contributed by atoms with Gasteiger partial charge in [0.15, 0.2) is 0 Å². The summed E-state index contributed by atoms with van der Waals surface area (Å²) in [5, 5.41) is 3.88. The summed E-state index contributed by atoms with van der Waals surface area (Å²) >= 11 is 2.03. The number of hydrogen-bond acceptors (Lipinski definition) is 3. The fourth-order valence-electron chi connectivity index (χ4n) is 3.89. The molecule has 4 heterocycles. The van der Waals surface area contributed by atoms with Gasteiger partial charge in [0.1, 0.15) is 0 Å². The minimum absolute atomic E-state index is 0.719. The van der Waals surface area contributed by atoms with Gasteiger partial charge in [0.25, 0.3) is 0 Å². The molecule has 19 heavy (non-hydrogen) atoms. The van der Waals surface area contributed by atoms with Crippen molar-refractivity contribution in [1.82, 2.24) is 10.2 Å². The average Bonchev–Trinajstić information content (AvgIpc) is 2.90. The van der Waals surface area contributed by atoms with Crippen LogP contribution in [-0.2, 0) is 0 Å². The van der Waals surface area contributed by atoms with E-state index in [1.54, 1.807) is 5.56 Å². The second-order valence-corrected chi connectivity index (χ2v) is 7.26. The monoisotopic (exact) mass is 274 g/mol. The number of piperidine rings is 3. The van der Waals surface area contributed by atoms with Crippen LogP contribution < -0.4 is 5.32 Å². The second-order valence-electron chi connectivity index (χ2n) is 6.20. The molecule has 2 atom stereocenters. The molecule has 3 heteroatoms. The van der Waals surface area contributed by atoms with Crippen LogP contribution in [0, 0.1) is 5.92 Å². The van der Waals surface area contributed by atoms with Crippen LogP contribution in [0.5, 0.6) is 0 Å². The Hall–Kier alpha value is -0.510. The van der Waals surface area contributed by atoms with Crippen LogP contribution in [0.15, 0.2) is 29.2 Å². The zero-order valence-electron chi connectivity index (χ0n) is 11.3. The van der Waals surface area contributed by atoms with Crippen molar-refractivity contribution in [2.75, 3.05) is 31.9 Å². The van der Waals surface area contributed by atoms with E-state index in [1.165, 1.54) is 49.7 Å². The Kier molecular flexibility index (Phi) is 3.30. The first-order chi connectivity index (χ1) is 9.40. The van der Waals surface area contributed by atoms with Gasteiger partial charge >= 0.3 is 0 Å². The first kappa shape index (κ1) is 12.2. The topological polar surface area (TPSA) is 15.3 Å². The number of benzene rings is 1. The van der Waals surface area contributed by atoms with Crippen molar-refractivity contribution in [2.45, 2.75) is 29.7 Å². The minimum atomic E-state index is 0.719. The Morgan fingerprint density at radius 2 is 2.05 bits per heavy atom. The normalized spacial score (nSPS) is 36.4. The van der Waals surface area contributed by atoms with Crippen LogP contribution in [0.25, 0.3) is 0 Å². The van der Waals surface area contributed by atoms with E-state index in [1.807, 2.05) is 11.8 Å². The van der Waals surface area contributed by atoms with E-state index in [0.717, 1.165) is 17.9 Å². The molecule has 2 nitrogen and oxygen atoms in total. The standard InChI is InChI=1S/C16H22N2S/c1-2-4-16-14(3-1)13(11-19-16)9-17-15-10-18-7-5-12(15)6-8-18/h1-4,12-13,15,17H,5-11H2. The average molecular weight is 274 g/mol. The SMILES string of the molecule is c1ccc2c(c1)SCC2CNC1CN2CCC1CC2. The van der Waals surface area contributed by atoms with Gasteiger partial charge in [-0.15, -0.1) is 11.8 Å². The molecular formula is C16H22N2S. The quantitative estimate of drug-likeness (QED) is 0.912. The van der Waals surface area contributed by atoms with Gasteiger partial charge in [-0.25, -0.2) is 0 Å². The van der Waals surface area contributed by atoms with Crippen LogP contribution in [0.3, 0.4) is 0 Å². The summed E-state index contributed by atoms with van der Waals surface area (Å²) in [5.41, 5.74) is 1.57. The predicted octanol–water partition coefficient (Wildman–Crippen LogP) is 2.56. The lowest BCUT2D eigenvalue weighted by molar-refractivity contribution is 0.0724. The summed E-state index contributed by atoms with van der Waals surface area (Å²) in [7, 11) is 0. The van der Waals surface area contributed by atoms with E-state index in [9.17, 15) is 0 Å². The van der Waals surface area contributed by atoms with Gasteiger partial charge in [-0.1, -0.05) is 18.2 Å². The highest BCUT2D eigenvalue weighted by Crippen LogP contribution is 2.39. The Labute approximate surface area is 119 Å². The summed E-state index contributed by atoms with van der Waals surface area (Å²) in [6.07, 6.45) is 2.82. The largest absolute Gasteiger partial charge is 0.312 e. The molecule has 2 bridgehead atoms. The van der Waals surface area contributed by atoms with E-state index in [0.29, 0.717) is 0 Å². The van der Waals surface area contributed by atoms with E-state index in [2.05, 4.69) is 34.5 Å². The van der Waals surface area contributed by atoms with Gasteiger partial charge < -0.3 is 10.2 Å². The number of fused-ring (bicyclic) bond motifs is 4.